The number of benzene rings is 3. The highest BCUT2D eigenvalue weighted by Crippen LogP contribution is 2.31. The van der Waals surface area contributed by atoms with E-state index in [2.05, 4.69) is 10.0 Å². The van der Waals surface area contributed by atoms with E-state index in [1.54, 1.807) is 13.0 Å². The molecule has 3 amide bonds. The third-order valence-electron chi connectivity index (χ3n) is 7.80. The first kappa shape index (κ1) is 35.4. The van der Waals surface area contributed by atoms with Gasteiger partial charge in [-0.3, -0.25) is 9.52 Å². The fraction of sp³-hybridized carbons (Fsp3) is 0.375. The third-order valence-corrected chi connectivity index (χ3v) is 9.20. The first-order valence-electron chi connectivity index (χ1n) is 14.7. The summed E-state index contributed by atoms with van der Waals surface area (Å²) in [6.07, 6.45) is -5.34. The molecule has 1 heterocycles. The lowest BCUT2D eigenvalue weighted by Gasteiger charge is -2.34. The Morgan fingerprint density at radius 3 is 2.34 bits per heavy atom. The summed E-state index contributed by atoms with van der Waals surface area (Å²) in [7, 11) is -1.03. The van der Waals surface area contributed by atoms with Crippen molar-refractivity contribution in [2.45, 2.75) is 43.5 Å². The average Bonchev–Trinajstić information content (AvgIpc) is 3.07. The van der Waals surface area contributed by atoms with E-state index >= 15 is 0 Å². The van der Waals surface area contributed by atoms with Gasteiger partial charge in [0.2, 0.25) is 5.91 Å². The van der Waals surface area contributed by atoms with Gasteiger partial charge in [0.1, 0.15) is 17.6 Å². The number of likely N-dealkylation sites (N-methyl/N-ethyl adjacent to an activating group) is 1. The maximum atomic E-state index is 13.5. The van der Waals surface area contributed by atoms with Gasteiger partial charge in [-0.25, -0.2) is 13.2 Å². The lowest BCUT2D eigenvalue weighted by molar-refractivity contribution is -0.137. The van der Waals surface area contributed by atoms with E-state index in [9.17, 15) is 36.3 Å². The van der Waals surface area contributed by atoms with Gasteiger partial charge in [-0.05, 0) is 73.7 Å². The third kappa shape index (κ3) is 8.86. The molecule has 3 atom stereocenters. The maximum absolute atomic E-state index is 13.5. The van der Waals surface area contributed by atoms with Crippen LogP contribution in [0.1, 0.15) is 25.0 Å². The lowest BCUT2D eigenvalue weighted by Crippen LogP contribution is -2.48. The first-order valence-corrected chi connectivity index (χ1v) is 16.2. The van der Waals surface area contributed by atoms with Crippen LogP contribution in [0.4, 0.5) is 29.3 Å². The number of nitrogens with zero attached hydrogens (tertiary/aromatic N) is 2. The predicted molar refractivity (Wildman–Crippen MR) is 169 cm³/mol. The molecule has 0 fully saturated rings. The van der Waals surface area contributed by atoms with Gasteiger partial charge in [0.05, 0.1) is 43.2 Å². The van der Waals surface area contributed by atoms with Gasteiger partial charge in [-0.15, -0.1) is 0 Å². The second kappa shape index (κ2) is 14.5. The molecule has 0 radical (unpaired) electrons. The molecule has 0 bridgehead atoms. The highest BCUT2D eigenvalue weighted by atomic mass is 32.2. The minimum absolute atomic E-state index is 0.00335. The molecule has 0 aliphatic carbocycles. The van der Waals surface area contributed by atoms with E-state index in [-0.39, 0.29) is 54.2 Å². The number of anilines is 2. The summed E-state index contributed by atoms with van der Waals surface area (Å²) in [6.45, 7) is 3.44. The Labute approximate surface area is 271 Å². The minimum Gasteiger partial charge on any atom is -0.497 e. The van der Waals surface area contributed by atoms with Crippen LogP contribution in [-0.2, 0) is 27.4 Å². The monoisotopic (exact) mass is 678 g/mol. The molecule has 0 saturated heterocycles. The predicted octanol–water partition coefficient (Wildman–Crippen LogP) is 4.83. The molecule has 11 nitrogen and oxygen atoms in total. The molecule has 3 aromatic carbocycles. The summed E-state index contributed by atoms with van der Waals surface area (Å²) in [5, 5.41) is 12.5. The van der Waals surface area contributed by atoms with Crippen molar-refractivity contribution in [2.75, 3.05) is 43.9 Å². The van der Waals surface area contributed by atoms with Gasteiger partial charge in [0.25, 0.3) is 10.0 Å². The highest BCUT2D eigenvalue weighted by Gasteiger charge is 2.33. The topological polar surface area (TPSA) is 138 Å². The van der Waals surface area contributed by atoms with Crippen LogP contribution in [-0.4, -0.2) is 81.3 Å². The van der Waals surface area contributed by atoms with Crippen LogP contribution in [0.5, 0.6) is 11.5 Å². The van der Waals surface area contributed by atoms with Crippen molar-refractivity contribution < 1.29 is 45.8 Å². The van der Waals surface area contributed by atoms with Crippen LogP contribution in [0.3, 0.4) is 0 Å². The van der Waals surface area contributed by atoms with Crippen LogP contribution in [0, 0.1) is 5.92 Å². The molecule has 47 heavy (non-hydrogen) atoms. The van der Waals surface area contributed by atoms with Crippen LogP contribution < -0.4 is 19.5 Å². The van der Waals surface area contributed by atoms with Crippen molar-refractivity contribution in [3.8, 4) is 11.5 Å². The van der Waals surface area contributed by atoms with E-state index in [1.165, 1.54) is 60.4 Å². The molecule has 15 heteroatoms. The summed E-state index contributed by atoms with van der Waals surface area (Å²) < 4.78 is 79.0. The number of ether oxygens (including phenoxy) is 2. The van der Waals surface area contributed by atoms with Crippen LogP contribution in [0.25, 0.3) is 0 Å². The number of sulfonamides is 1. The average molecular weight is 679 g/mol. The number of aliphatic hydroxyl groups excluding tert-OH is 1. The molecule has 1 aliphatic heterocycles. The molecule has 0 saturated carbocycles. The zero-order chi connectivity index (χ0) is 34.5. The van der Waals surface area contributed by atoms with Crippen molar-refractivity contribution in [1.82, 2.24) is 9.80 Å². The van der Waals surface area contributed by atoms with Gasteiger partial charge in [-0.1, -0.05) is 6.92 Å². The number of carbonyl (C=O) groups excluding carboxylic acids is 2. The number of halogens is 3. The number of carbonyl (C=O) groups is 2. The Morgan fingerprint density at radius 2 is 1.74 bits per heavy atom. The molecular weight excluding hydrogens is 641 g/mol. The Bertz CT molecular complexity index is 1670. The first-order chi connectivity index (χ1) is 22.1. The molecule has 3 aromatic rings. The summed E-state index contributed by atoms with van der Waals surface area (Å²) in [5.41, 5.74) is -0.101. The lowest BCUT2D eigenvalue weighted by atomic mass is 10.0. The Morgan fingerprint density at radius 1 is 1.11 bits per heavy atom. The molecule has 3 N–H and O–H groups in total. The number of aliphatic hydroxyl groups is 1. The highest BCUT2D eigenvalue weighted by molar-refractivity contribution is 7.92. The molecule has 4 rings (SSSR count). The smallest absolute Gasteiger partial charge is 0.416 e. The number of hydrogen-bond acceptors (Lipinski definition) is 7. The summed E-state index contributed by atoms with van der Waals surface area (Å²) >= 11 is 0. The maximum Gasteiger partial charge on any atom is 0.416 e. The SMILES string of the molecule is COc1ccc(S(=O)(=O)Nc2ccc3c(c2)CC(=O)N([C@@H](C)CO)C[C@H](C)[C@@H](CN(C)C(=O)Nc2ccc(C(F)(F)F)cc2)O3)cc1. The number of alkyl halides is 3. The minimum atomic E-state index is -4.51. The van der Waals surface area contributed by atoms with E-state index in [0.717, 1.165) is 24.3 Å². The fourth-order valence-electron chi connectivity index (χ4n) is 4.99. The van der Waals surface area contributed by atoms with Gasteiger partial charge < -0.3 is 29.7 Å². The zero-order valence-electron chi connectivity index (χ0n) is 26.2. The quantitative estimate of drug-likeness (QED) is 0.295. The number of methoxy groups -OCH3 is 1. The largest absolute Gasteiger partial charge is 0.497 e. The molecule has 254 valence electrons. The van der Waals surface area contributed by atoms with Gasteiger partial charge in [0.15, 0.2) is 0 Å². The second-order valence-corrected chi connectivity index (χ2v) is 13.1. The number of nitrogens with one attached hydrogen (secondary N) is 2. The second-order valence-electron chi connectivity index (χ2n) is 11.4. The van der Waals surface area contributed by atoms with Gasteiger partial charge in [-0.2, -0.15) is 13.2 Å². The van der Waals surface area contributed by atoms with Gasteiger partial charge in [0, 0.05) is 36.4 Å². The van der Waals surface area contributed by atoms with E-state index in [1.807, 2.05) is 6.92 Å². The van der Waals surface area contributed by atoms with E-state index in [4.69, 9.17) is 9.47 Å². The Hall–Kier alpha value is -4.50. The van der Waals surface area contributed by atoms with E-state index in [0.29, 0.717) is 17.1 Å². The standard InChI is InChI=1S/C32H37F3N4O7S/c1-20-17-39(21(2)19-40)30(41)16-22-15-25(37-47(43,44)27-12-10-26(45-4)11-13-27)9-14-28(22)46-29(20)18-38(3)31(42)36-24-7-5-23(6-8-24)32(33,34)35/h5-15,20-21,29,37,40H,16-19H2,1-4H3,(H,36,42)/t20-,21-,29+/m0/s1. The van der Waals surface area contributed by atoms with Gasteiger partial charge >= 0.3 is 12.2 Å². The van der Waals surface area contributed by atoms with Crippen molar-refractivity contribution in [2.24, 2.45) is 5.92 Å². The Kier molecular flexibility index (Phi) is 10.9. The van der Waals surface area contributed by atoms with Crippen molar-refractivity contribution >= 4 is 33.3 Å². The number of fused-ring (bicyclic) bond motifs is 1. The summed E-state index contributed by atoms with van der Waals surface area (Å²) in [5.74, 6) is 0.128. The Balaban J connectivity index is 1.58. The fourth-order valence-corrected chi connectivity index (χ4v) is 6.04. The summed E-state index contributed by atoms with van der Waals surface area (Å²) in [4.78, 5) is 29.3. The van der Waals surface area contributed by atoms with E-state index < -0.39 is 39.9 Å². The van der Waals surface area contributed by atoms with Crippen molar-refractivity contribution in [1.29, 1.82) is 0 Å². The summed E-state index contributed by atoms with van der Waals surface area (Å²) in [6, 6.07) is 13.3. The molecule has 1 aliphatic rings. The van der Waals surface area contributed by atoms with Crippen LogP contribution >= 0.6 is 0 Å². The normalized spacial score (nSPS) is 17.7. The van der Waals surface area contributed by atoms with Crippen molar-refractivity contribution in [3.63, 3.8) is 0 Å². The number of rotatable bonds is 9. The molecule has 0 unspecified atom stereocenters. The molecule has 0 spiro atoms. The molecule has 0 aromatic heterocycles. The molecular formula is C32H37F3N4O7S. The number of urea groups is 1. The van der Waals surface area contributed by atoms with Crippen LogP contribution in [0.15, 0.2) is 71.6 Å². The number of amides is 3. The number of hydrogen-bond donors (Lipinski definition) is 3. The van der Waals surface area contributed by atoms with Crippen molar-refractivity contribution in [3.05, 3.63) is 77.9 Å². The van der Waals surface area contributed by atoms with Crippen LogP contribution in [0.2, 0.25) is 0 Å². The zero-order valence-corrected chi connectivity index (χ0v) is 27.1.